The summed E-state index contributed by atoms with van der Waals surface area (Å²) < 4.78 is 6.60. The molecule has 12 nitrogen and oxygen atoms in total. The van der Waals surface area contributed by atoms with Crippen LogP contribution in [0, 0.1) is 0 Å². The van der Waals surface area contributed by atoms with Gasteiger partial charge in [0, 0.05) is 117 Å². The Bertz CT molecular complexity index is 9780. The van der Waals surface area contributed by atoms with Crippen LogP contribution in [0.25, 0.3) is 270 Å². The molecule has 29 rings (SSSR count). The summed E-state index contributed by atoms with van der Waals surface area (Å²) in [6.45, 7) is 0. The predicted octanol–water partition coefficient (Wildman–Crippen LogP) is 32.6. The second-order valence-electron chi connectivity index (χ2n) is 35.8. The summed E-state index contributed by atoms with van der Waals surface area (Å²) in [6.07, 6.45) is 5.45. The third-order valence-electron chi connectivity index (χ3n) is 27.7. The van der Waals surface area contributed by atoms with Gasteiger partial charge in [0.25, 0.3) is 0 Å². The summed E-state index contributed by atoms with van der Waals surface area (Å²) in [5.74, 6) is 2.48. The molecule has 12 heteroatoms. The lowest BCUT2D eigenvalue weighted by Gasteiger charge is -2.16. The Hall–Kier alpha value is -19.2. The summed E-state index contributed by atoms with van der Waals surface area (Å²) >= 11 is 0. The molecule has 0 saturated carbocycles. The molecule has 656 valence electrons. The van der Waals surface area contributed by atoms with E-state index in [1.54, 1.807) is 0 Å². The molecule has 0 bridgehead atoms. The number of para-hydroxylation sites is 6. The van der Waals surface area contributed by atoms with E-state index in [0.29, 0.717) is 0 Å². The summed E-state index contributed by atoms with van der Waals surface area (Å²) in [6, 6.07) is 165. The summed E-state index contributed by atoms with van der Waals surface area (Å²) in [5, 5.41) is 21.1. The SMILES string of the molecule is c1ccc(-c2nc3ccccc3n2-c2ccc(-c3c4ccc5ccccc5c4nc4c3ccc3ccccc34)cc2)nc1.c1ccc(-c2nc3ccccc3n2-c2ccc(-c3cccc(-c4c5ccc6ccccc6c5nc5c4ccc4ccccc45)c3)cc2)nc1.c1ccc(-c2nc3ccccc3n2-c2cccc(-c3ccc(-c4c5ccc6ccccc6c5nc5c4ccc4ccccc45)cc3)c2)nc1. The zero-order valence-electron chi connectivity index (χ0n) is 76.1. The number of nitrogens with zero attached hydrogens (tertiary/aromatic N) is 12. The van der Waals surface area contributed by atoms with Crippen LogP contribution in [0.15, 0.2) is 486 Å². The molecule has 9 aromatic heterocycles. The van der Waals surface area contributed by atoms with Gasteiger partial charge in [-0.25, -0.2) is 29.9 Å². The second kappa shape index (κ2) is 34.0. The normalized spacial score (nSPS) is 11.7. The molecule has 29 aromatic rings. The van der Waals surface area contributed by atoms with E-state index < -0.39 is 0 Å². The van der Waals surface area contributed by atoms with Crippen LogP contribution in [0.4, 0.5) is 0 Å². The van der Waals surface area contributed by atoms with E-state index in [1.165, 1.54) is 81.7 Å². The first kappa shape index (κ1) is 81.4. The summed E-state index contributed by atoms with van der Waals surface area (Å²) in [5.41, 5.74) is 29.5. The number of hydrogen-bond acceptors (Lipinski definition) is 9. The minimum absolute atomic E-state index is 0.825. The Morgan fingerprint density at radius 2 is 0.404 bits per heavy atom. The van der Waals surface area contributed by atoms with Gasteiger partial charge < -0.3 is 0 Å². The Morgan fingerprint density at radius 1 is 0.149 bits per heavy atom. The maximum Gasteiger partial charge on any atom is 0.164 e. The van der Waals surface area contributed by atoms with Crippen molar-refractivity contribution in [3.63, 3.8) is 0 Å². The van der Waals surface area contributed by atoms with Crippen LogP contribution in [0.3, 0.4) is 0 Å². The molecular formula is C129H80N12. The van der Waals surface area contributed by atoms with Crippen LogP contribution in [-0.2, 0) is 0 Å². The standard InChI is InChI=1S/2C45H28N4.C39H24N4/c1-3-14-35-30(10-1)21-25-37-42(38-26-22-31-11-2-4-15-36(31)44(38)48-43(35)37)33-13-9-12-32(28-33)29-19-23-34(24-20-29)49-41-18-6-5-16-39(41)47-45(49)40-17-7-8-27-46-40;1-3-14-35-30(10-1)23-25-37-42(38-26-24-31-11-2-4-15-36(31)44(38)48-43(35)37)32-21-19-29(20-22-32)33-12-9-13-34(28-33)49-41-18-6-5-16-39(41)47-45(49)40-17-7-8-27-46-40;1-3-11-29-25(9-1)18-22-31-36(32-23-19-26-10-2-4-12-30(26)38(32)42-37(29)31)27-16-20-28(21-17-27)43-35-15-6-5-13-33(35)41-39(43)34-14-7-8-24-40-34/h2*1-28H;1-24H. The molecule has 141 heavy (non-hydrogen) atoms. The van der Waals surface area contributed by atoms with Gasteiger partial charge in [-0.3, -0.25) is 28.7 Å². The van der Waals surface area contributed by atoms with E-state index in [1.807, 2.05) is 91.4 Å². The topological polar surface area (TPSA) is 131 Å². The molecule has 20 aromatic carbocycles. The Kier molecular flexibility index (Phi) is 19.6. The van der Waals surface area contributed by atoms with Crippen LogP contribution in [-0.4, -0.2) is 58.6 Å². The lowest BCUT2D eigenvalue weighted by molar-refractivity contribution is 1.08. The third-order valence-corrected chi connectivity index (χ3v) is 27.7. The van der Waals surface area contributed by atoms with Crippen molar-refractivity contribution in [1.29, 1.82) is 0 Å². The van der Waals surface area contributed by atoms with Gasteiger partial charge in [-0.1, -0.05) is 352 Å². The van der Waals surface area contributed by atoms with E-state index in [0.717, 1.165) is 189 Å². The molecular weight excluding hydrogens is 1720 g/mol. The van der Waals surface area contributed by atoms with E-state index in [-0.39, 0.29) is 0 Å². The summed E-state index contributed by atoms with van der Waals surface area (Å²) in [4.78, 5) is 44.9. The summed E-state index contributed by atoms with van der Waals surface area (Å²) in [7, 11) is 0. The molecule has 0 unspecified atom stereocenters. The first-order valence-electron chi connectivity index (χ1n) is 47.5. The Morgan fingerprint density at radius 3 is 0.730 bits per heavy atom. The monoisotopic (exact) mass is 1800 g/mol. The van der Waals surface area contributed by atoms with Crippen molar-refractivity contribution >= 4 is 163 Å². The van der Waals surface area contributed by atoms with Gasteiger partial charge in [-0.15, -0.1) is 0 Å². The van der Waals surface area contributed by atoms with Crippen LogP contribution < -0.4 is 0 Å². The van der Waals surface area contributed by atoms with Crippen molar-refractivity contribution in [3.8, 4) is 107 Å². The van der Waals surface area contributed by atoms with E-state index in [9.17, 15) is 0 Å². The molecule has 0 radical (unpaired) electrons. The zero-order chi connectivity index (χ0) is 93.0. The van der Waals surface area contributed by atoms with Crippen LogP contribution in [0.1, 0.15) is 0 Å². The smallest absolute Gasteiger partial charge is 0.164 e. The fraction of sp³-hybridized carbons (Fsp3) is 0. The first-order chi connectivity index (χ1) is 69.9. The molecule has 0 amide bonds. The highest BCUT2D eigenvalue weighted by atomic mass is 15.1. The Labute approximate surface area is 809 Å². The van der Waals surface area contributed by atoms with Crippen LogP contribution >= 0.6 is 0 Å². The predicted molar refractivity (Wildman–Crippen MR) is 584 cm³/mol. The number of imidazole rings is 3. The van der Waals surface area contributed by atoms with Crippen molar-refractivity contribution in [2.24, 2.45) is 0 Å². The van der Waals surface area contributed by atoms with Crippen LogP contribution in [0.2, 0.25) is 0 Å². The van der Waals surface area contributed by atoms with Gasteiger partial charge in [0.15, 0.2) is 17.5 Å². The fourth-order valence-electron chi connectivity index (χ4n) is 21.1. The average Bonchev–Trinajstić information content (AvgIpc) is 1.50. The van der Waals surface area contributed by atoms with E-state index in [2.05, 4.69) is 423 Å². The Balaban J connectivity index is 0.000000106. The van der Waals surface area contributed by atoms with Crippen molar-refractivity contribution in [2.75, 3.05) is 0 Å². The quantitative estimate of drug-likeness (QED) is 0.0917. The molecule has 0 saturated heterocycles. The minimum Gasteiger partial charge on any atom is -0.291 e. The number of pyridine rings is 6. The van der Waals surface area contributed by atoms with Crippen molar-refractivity contribution < 1.29 is 0 Å². The van der Waals surface area contributed by atoms with Gasteiger partial charge in [0.2, 0.25) is 0 Å². The van der Waals surface area contributed by atoms with Gasteiger partial charge in [-0.05, 0) is 187 Å². The largest absolute Gasteiger partial charge is 0.291 e. The third kappa shape index (κ3) is 14.1. The van der Waals surface area contributed by atoms with Gasteiger partial charge in [0.05, 0.1) is 66.2 Å². The number of aromatic nitrogens is 12. The average molecular weight is 1800 g/mol. The minimum atomic E-state index is 0.825. The molecule has 0 N–H and O–H groups in total. The lowest BCUT2D eigenvalue weighted by atomic mass is 9.91. The van der Waals surface area contributed by atoms with Gasteiger partial charge in [0.1, 0.15) is 17.1 Å². The number of hydrogen-bond donors (Lipinski definition) is 0. The molecule has 0 aliphatic heterocycles. The lowest BCUT2D eigenvalue weighted by Crippen LogP contribution is -1.99. The van der Waals surface area contributed by atoms with Gasteiger partial charge >= 0.3 is 0 Å². The number of benzene rings is 20. The molecule has 9 heterocycles. The molecule has 0 aliphatic carbocycles. The highest BCUT2D eigenvalue weighted by Gasteiger charge is 2.25. The zero-order valence-corrected chi connectivity index (χ0v) is 76.1. The van der Waals surface area contributed by atoms with Gasteiger partial charge in [-0.2, -0.15) is 0 Å². The fourth-order valence-corrected chi connectivity index (χ4v) is 21.1. The second-order valence-corrected chi connectivity index (χ2v) is 35.8. The van der Waals surface area contributed by atoms with Crippen molar-refractivity contribution in [1.82, 2.24) is 58.6 Å². The van der Waals surface area contributed by atoms with E-state index >= 15 is 0 Å². The van der Waals surface area contributed by atoms with Crippen molar-refractivity contribution in [3.05, 3.63) is 486 Å². The maximum atomic E-state index is 5.37. The van der Waals surface area contributed by atoms with Crippen LogP contribution in [0.5, 0.6) is 0 Å². The number of fused-ring (bicyclic) bond motifs is 21. The molecule has 0 fully saturated rings. The van der Waals surface area contributed by atoms with E-state index in [4.69, 9.17) is 29.9 Å². The molecule has 0 aliphatic rings. The first-order valence-corrected chi connectivity index (χ1v) is 47.5. The maximum absolute atomic E-state index is 5.37. The molecule has 0 atom stereocenters. The number of rotatable bonds is 11. The highest BCUT2D eigenvalue weighted by molar-refractivity contribution is 6.25. The molecule has 0 spiro atoms. The van der Waals surface area contributed by atoms with Crippen molar-refractivity contribution in [2.45, 2.75) is 0 Å². The highest BCUT2D eigenvalue weighted by Crippen LogP contribution is 2.47.